The number of amides is 2. The molecule has 1 unspecified atom stereocenters. The van der Waals surface area contributed by atoms with Gasteiger partial charge in [-0.1, -0.05) is 0 Å². The maximum Gasteiger partial charge on any atom is 0.234 e. The molecule has 2 fully saturated rings. The van der Waals surface area contributed by atoms with E-state index in [4.69, 9.17) is 0 Å². The number of nitrogens with one attached hydrogen (secondary N) is 1. The molecular weight excluding hydrogens is 407 g/mol. The minimum atomic E-state index is -0.383. The highest BCUT2D eigenvalue weighted by molar-refractivity contribution is 6.05. The van der Waals surface area contributed by atoms with E-state index in [0.717, 1.165) is 37.2 Å². The average molecular weight is 445 g/mol. The van der Waals surface area contributed by atoms with Crippen LogP contribution in [0.5, 0.6) is 0 Å². The quantitative estimate of drug-likeness (QED) is 0.733. The van der Waals surface area contributed by atoms with Gasteiger partial charge < -0.3 is 20.0 Å². The van der Waals surface area contributed by atoms with Crippen LogP contribution in [0.1, 0.15) is 64.4 Å². The van der Waals surface area contributed by atoms with Crippen LogP contribution in [0.2, 0.25) is 0 Å². The summed E-state index contributed by atoms with van der Waals surface area (Å²) in [5.41, 5.74) is 1.62. The van der Waals surface area contributed by atoms with Gasteiger partial charge in [0.15, 0.2) is 0 Å². The van der Waals surface area contributed by atoms with Crippen LogP contribution in [-0.4, -0.2) is 72.5 Å². The average Bonchev–Trinajstić information content (AvgIpc) is 3.04. The molecule has 0 radical (unpaired) electrons. The molecule has 3 aliphatic rings. The predicted octanol–water partition coefficient (Wildman–Crippen LogP) is 3.12. The Kier molecular flexibility index (Phi) is 7.15. The molecule has 3 aliphatic heterocycles. The standard InChI is InChI=1S/C25H37FN4O2/c1-17(2)28-12-7-20(8-13-28)29-14-9-21(10-15-29)30-24-5-4-19(26)16-23(24)22(25(30)32)6-11-27-18(3)31/h4-5,16-17,20-22H,6-15H2,1-3H3,(H,27,31). The zero-order valence-corrected chi connectivity index (χ0v) is 19.6. The van der Waals surface area contributed by atoms with Gasteiger partial charge in [-0.05, 0) is 82.8 Å². The van der Waals surface area contributed by atoms with E-state index in [2.05, 4.69) is 29.0 Å². The lowest BCUT2D eigenvalue weighted by atomic mass is 9.96. The summed E-state index contributed by atoms with van der Waals surface area (Å²) in [5, 5.41) is 2.77. The number of hydrogen-bond acceptors (Lipinski definition) is 4. The number of carbonyl (C=O) groups excluding carboxylic acids is 2. The fourth-order valence-electron chi connectivity index (χ4n) is 5.77. The van der Waals surface area contributed by atoms with Gasteiger partial charge in [0.25, 0.3) is 0 Å². The Labute approximate surface area is 191 Å². The topological polar surface area (TPSA) is 55.9 Å². The largest absolute Gasteiger partial charge is 0.356 e. The molecule has 4 rings (SSSR count). The summed E-state index contributed by atoms with van der Waals surface area (Å²) < 4.78 is 14.0. The SMILES string of the molecule is CC(=O)NCCC1C(=O)N(C2CCN(C3CCN(C(C)C)CC3)CC2)c2ccc(F)cc21. The van der Waals surface area contributed by atoms with E-state index in [1.54, 1.807) is 6.07 Å². The lowest BCUT2D eigenvalue weighted by molar-refractivity contribution is -0.121. The molecule has 0 spiro atoms. The highest BCUT2D eigenvalue weighted by Gasteiger charge is 2.42. The minimum Gasteiger partial charge on any atom is -0.356 e. The maximum absolute atomic E-state index is 14.0. The number of rotatable bonds is 6. The van der Waals surface area contributed by atoms with Gasteiger partial charge in [-0.2, -0.15) is 0 Å². The predicted molar refractivity (Wildman–Crippen MR) is 124 cm³/mol. The number of likely N-dealkylation sites (tertiary alicyclic amines) is 2. The number of halogens is 1. The van der Waals surface area contributed by atoms with E-state index >= 15 is 0 Å². The summed E-state index contributed by atoms with van der Waals surface area (Å²) >= 11 is 0. The van der Waals surface area contributed by atoms with Crippen molar-refractivity contribution in [3.63, 3.8) is 0 Å². The number of benzene rings is 1. The van der Waals surface area contributed by atoms with Gasteiger partial charge >= 0.3 is 0 Å². The summed E-state index contributed by atoms with van der Waals surface area (Å²) in [7, 11) is 0. The number of carbonyl (C=O) groups is 2. The van der Waals surface area contributed by atoms with Crippen molar-refractivity contribution in [1.29, 1.82) is 0 Å². The zero-order valence-electron chi connectivity index (χ0n) is 19.6. The van der Waals surface area contributed by atoms with Gasteiger partial charge in [0, 0.05) is 50.4 Å². The molecule has 176 valence electrons. The molecule has 32 heavy (non-hydrogen) atoms. The van der Waals surface area contributed by atoms with Gasteiger partial charge in [0.1, 0.15) is 5.82 Å². The van der Waals surface area contributed by atoms with E-state index in [-0.39, 0.29) is 29.6 Å². The molecule has 1 atom stereocenters. The Hall–Kier alpha value is -1.99. The molecule has 0 aliphatic carbocycles. The highest BCUT2D eigenvalue weighted by atomic mass is 19.1. The van der Waals surface area contributed by atoms with Gasteiger partial charge in [-0.25, -0.2) is 4.39 Å². The first-order chi connectivity index (χ1) is 15.3. The molecule has 6 nitrogen and oxygen atoms in total. The van der Waals surface area contributed by atoms with Crippen molar-refractivity contribution < 1.29 is 14.0 Å². The molecule has 0 aromatic heterocycles. The molecular formula is C25H37FN4O2. The van der Waals surface area contributed by atoms with Crippen molar-refractivity contribution in [2.75, 3.05) is 37.6 Å². The van der Waals surface area contributed by atoms with E-state index in [1.165, 1.54) is 45.0 Å². The summed E-state index contributed by atoms with van der Waals surface area (Å²) in [4.78, 5) is 31.8. The van der Waals surface area contributed by atoms with Crippen molar-refractivity contribution in [2.24, 2.45) is 0 Å². The Balaban J connectivity index is 1.40. The molecule has 1 N–H and O–H groups in total. The Morgan fingerprint density at radius 3 is 2.38 bits per heavy atom. The number of anilines is 1. The lowest BCUT2D eigenvalue weighted by Crippen LogP contribution is -2.52. The van der Waals surface area contributed by atoms with Crippen LogP contribution in [0, 0.1) is 5.82 Å². The first-order valence-electron chi connectivity index (χ1n) is 12.2. The highest BCUT2D eigenvalue weighted by Crippen LogP contribution is 2.42. The Bertz CT molecular complexity index is 829. The number of hydrogen-bond donors (Lipinski definition) is 1. The third-order valence-corrected chi connectivity index (χ3v) is 7.58. The Morgan fingerprint density at radius 1 is 1.09 bits per heavy atom. The van der Waals surface area contributed by atoms with E-state index < -0.39 is 0 Å². The third kappa shape index (κ3) is 4.84. The fourth-order valence-corrected chi connectivity index (χ4v) is 5.77. The monoisotopic (exact) mass is 444 g/mol. The maximum atomic E-state index is 14.0. The van der Waals surface area contributed by atoms with Crippen LogP contribution < -0.4 is 10.2 Å². The molecule has 7 heteroatoms. The first-order valence-corrected chi connectivity index (χ1v) is 12.2. The van der Waals surface area contributed by atoms with Crippen LogP contribution in [0.25, 0.3) is 0 Å². The van der Waals surface area contributed by atoms with Crippen LogP contribution in [0.3, 0.4) is 0 Å². The Morgan fingerprint density at radius 2 is 1.75 bits per heavy atom. The molecule has 2 saturated heterocycles. The van der Waals surface area contributed by atoms with Gasteiger partial charge in [-0.3, -0.25) is 9.59 Å². The van der Waals surface area contributed by atoms with E-state index in [0.29, 0.717) is 25.0 Å². The van der Waals surface area contributed by atoms with Crippen molar-refractivity contribution in [3.05, 3.63) is 29.6 Å². The van der Waals surface area contributed by atoms with E-state index in [9.17, 15) is 14.0 Å². The molecule has 1 aromatic rings. The van der Waals surface area contributed by atoms with Crippen LogP contribution in [0.4, 0.5) is 10.1 Å². The summed E-state index contributed by atoms with van der Waals surface area (Å²) in [5.74, 6) is -0.755. The first kappa shape index (κ1) is 23.2. The number of fused-ring (bicyclic) bond motifs is 1. The number of nitrogens with zero attached hydrogens (tertiary/aromatic N) is 3. The summed E-state index contributed by atoms with van der Waals surface area (Å²) in [6, 6.07) is 6.13. The molecule has 0 saturated carbocycles. The second-order valence-electron chi connectivity index (χ2n) is 9.86. The smallest absolute Gasteiger partial charge is 0.234 e. The molecule has 0 bridgehead atoms. The number of piperidine rings is 2. The second kappa shape index (κ2) is 9.87. The fraction of sp³-hybridized carbons (Fsp3) is 0.680. The van der Waals surface area contributed by atoms with E-state index in [1.807, 2.05) is 4.90 Å². The second-order valence-corrected chi connectivity index (χ2v) is 9.86. The lowest BCUT2D eigenvalue weighted by Gasteiger charge is -2.44. The van der Waals surface area contributed by atoms with Crippen molar-refractivity contribution in [3.8, 4) is 0 Å². The van der Waals surface area contributed by atoms with Crippen LogP contribution in [0.15, 0.2) is 18.2 Å². The third-order valence-electron chi connectivity index (χ3n) is 7.58. The van der Waals surface area contributed by atoms with Gasteiger partial charge in [0.05, 0.1) is 5.92 Å². The van der Waals surface area contributed by atoms with Crippen molar-refractivity contribution >= 4 is 17.5 Å². The van der Waals surface area contributed by atoms with Gasteiger partial charge in [0.2, 0.25) is 11.8 Å². The van der Waals surface area contributed by atoms with Gasteiger partial charge in [-0.15, -0.1) is 0 Å². The molecule has 2 amide bonds. The van der Waals surface area contributed by atoms with Crippen LogP contribution in [-0.2, 0) is 9.59 Å². The molecule has 3 heterocycles. The minimum absolute atomic E-state index is 0.0552. The molecule has 1 aromatic carbocycles. The zero-order chi connectivity index (χ0) is 22.8. The van der Waals surface area contributed by atoms with Crippen molar-refractivity contribution in [2.45, 2.75) is 76.9 Å². The van der Waals surface area contributed by atoms with Crippen LogP contribution >= 0.6 is 0 Å². The normalized spacial score (nSPS) is 23.7. The summed E-state index contributed by atoms with van der Waals surface area (Å²) in [6.45, 7) is 10.8. The summed E-state index contributed by atoms with van der Waals surface area (Å²) in [6.07, 6.45) is 4.84. The van der Waals surface area contributed by atoms with Crippen molar-refractivity contribution in [1.82, 2.24) is 15.1 Å².